The highest BCUT2D eigenvalue weighted by molar-refractivity contribution is 5.89. The summed E-state index contributed by atoms with van der Waals surface area (Å²) in [6.07, 6.45) is 2.11. The number of halogens is 1. The number of nitrogens with two attached hydrogens (primary N) is 1. The van der Waals surface area contributed by atoms with Crippen molar-refractivity contribution in [3.05, 3.63) is 65.7 Å². The summed E-state index contributed by atoms with van der Waals surface area (Å²) in [4.78, 5) is 26.9. The Hall–Kier alpha value is -2.57. The lowest BCUT2D eigenvalue weighted by Crippen LogP contribution is -2.52. The minimum Gasteiger partial charge on any atom is -0.508 e. The van der Waals surface area contributed by atoms with Gasteiger partial charge in [0.25, 0.3) is 0 Å². The van der Waals surface area contributed by atoms with E-state index in [-0.39, 0.29) is 30.0 Å². The number of likely N-dealkylation sites (N-methyl/N-ethyl adjacent to an activating group) is 1. The van der Waals surface area contributed by atoms with Gasteiger partial charge >= 0.3 is 0 Å². The maximum Gasteiger partial charge on any atom is 0.244 e. The van der Waals surface area contributed by atoms with E-state index in [1.165, 1.54) is 5.56 Å². The minimum absolute atomic E-state index is 0. The first kappa shape index (κ1) is 25.5. The second-order valence-electron chi connectivity index (χ2n) is 7.21. The van der Waals surface area contributed by atoms with Gasteiger partial charge in [0.1, 0.15) is 11.8 Å². The first-order valence-electron chi connectivity index (χ1n) is 10.1. The van der Waals surface area contributed by atoms with Crippen LogP contribution in [0.2, 0.25) is 0 Å². The summed E-state index contributed by atoms with van der Waals surface area (Å²) in [5.74, 6) is -0.303. The monoisotopic (exact) mass is 433 g/mol. The molecule has 0 aromatic heterocycles. The molecule has 30 heavy (non-hydrogen) atoms. The molecule has 2 atom stereocenters. The zero-order chi connectivity index (χ0) is 21.2. The number of rotatable bonds is 10. The third-order valence-electron chi connectivity index (χ3n) is 4.89. The van der Waals surface area contributed by atoms with Gasteiger partial charge in [0.05, 0.1) is 6.04 Å². The molecule has 0 saturated carbocycles. The molecule has 0 spiro atoms. The molecule has 0 aliphatic carbocycles. The average Bonchev–Trinajstić information content (AvgIpc) is 2.73. The van der Waals surface area contributed by atoms with E-state index in [0.29, 0.717) is 19.5 Å². The van der Waals surface area contributed by atoms with E-state index in [1.807, 2.05) is 25.1 Å². The molecule has 0 heterocycles. The molecule has 0 bridgehead atoms. The summed E-state index contributed by atoms with van der Waals surface area (Å²) in [6, 6.07) is 15.3. The number of carbonyl (C=O) groups excluding carboxylic acids is 2. The van der Waals surface area contributed by atoms with Crippen molar-refractivity contribution in [3.63, 3.8) is 0 Å². The number of carbonyl (C=O) groups is 2. The van der Waals surface area contributed by atoms with Gasteiger partial charge in [-0.15, -0.1) is 12.4 Å². The van der Waals surface area contributed by atoms with Crippen molar-refractivity contribution in [2.24, 2.45) is 5.73 Å². The highest BCUT2D eigenvalue weighted by Crippen LogP contribution is 2.11. The fourth-order valence-electron chi connectivity index (χ4n) is 3.18. The molecule has 4 N–H and O–H groups in total. The summed E-state index contributed by atoms with van der Waals surface area (Å²) in [5, 5.41) is 12.1. The zero-order valence-corrected chi connectivity index (χ0v) is 18.4. The molecule has 2 aromatic carbocycles. The lowest BCUT2D eigenvalue weighted by atomic mass is 10.1. The molecule has 0 radical (unpaired) electrons. The van der Waals surface area contributed by atoms with Crippen LogP contribution in [0.4, 0.5) is 0 Å². The number of aromatic hydroxyl groups is 1. The molecule has 0 unspecified atom stereocenters. The number of phenols is 1. The fourth-order valence-corrected chi connectivity index (χ4v) is 3.18. The number of aryl methyl sites for hydroxylation is 1. The van der Waals surface area contributed by atoms with E-state index < -0.39 is 12.1 Å². The molecule has 6 nitrogen and oxygen atoms in total. The predicted octanol–water partition coefficient (Wildman–Crippen LogP) is 2.67. The highest BCUT2D eigenvalue weighted by atomic mass is 35.5. The number of amides is 2. The Kier molecular flexibility index (Phi) is 10.9. The lowest BCUT2D eigenvalue weighted by molar-refractivity contribution is -0.136. The van der Waals surface area contributed by atoms with Gasteiger partial charge in [0.2, 0.25) is 11.8 Å². The van der Waals surface area contributed by atoms with Crippen LogP contribution in [0.25, 0.3) is 0 Å². The van der Waals surface area contributed by atoms with Crippen molar-refractivity contribution in [2.45, 2.75) is 45.2 Å². The number of nitrogens with zero attached hydrogens (tertiary/aromatic N) is 1. The van der Waals surface area contributed by atoms with Gasteiger partial charge < -0.3 is 21.1 Å². The van der Waals surface area contributed by atoms with Crippen molar-refractivity contribution < 1.29 is 14.7 Å². The summed E-state index contributed by atoms with van der Waals surface area (Å²) in [5.41, 5.74) is 8.08. The van der Waals surface area contributed by atoms with Crippen LogP contribution in [0.1, 0.15) is 31.4 Å². The van der Waals surface area contributed by atoms with Gasteiger partial charge in [-0.05, 0) is 56.4 Å². The third-order valence-corrected chi connectivity index (χ3v) is 4.89. The quantitative estimate of drug-likeness (QED) is 0.536. The second kappa shape index (κ2) is 12.9. The predicted molar refractivity (Wildman–Crippen MR) is 122 cm³/mol. The topological polar surface area (TPSA) is 95.7 Å². The standard InChI is InChI=1S/C23H31N3O3.ClH/c1-3-26(15-7-10-18-8-5-4-6-9-18)23(29)17(2)25-22(28)21(24)16-19-11-13-20(27)14-12-19;/h4-6,8-9,11-14,17,21,27H,3,7,10,15-16,24H2,1-2H3,(H,25,28);1H/t17-,21+;/m1./s1. The van der Waals surface area contributed by atoms with Crippen LogP contribution in [0.15, 0.2) is 54.6 Å². The van der Waals surface area contributed by atoms with Crippen LogP contribution < -0.4 is 11.1 Å². The van der Waals surface area contributed by atoms with Gasteiger partial charge in [0.15, 0.2) is 0 Å². The smallest absolute Gasteiger partial charge is 0.244 e. The molecule has 0 saturated heterocycles. The summed E-state index contributed by atoms with van der Waals surface area (Å²) < 4.78 is 0. The van der Waals surface area contributed by atoms with Crippen LogP contribution >= 0.6 is 12.4 Å². The molecule has 0 fully saturated rings. The first-order valence-corrected chi connectivity index (χ1v) is 10.1. The number of phenolic OH excluding ortho intramolecular Hbond substituents is 1. The highest BCUT2D eigenvalue weighted by Gasteiger charge is 2.23. The summed E-state index contributed by atoms with van der Waals surface area (Å²) in [7, 11) is 0. The molecule has 2 amide bonds. The molecule has 2 aromatic rings. The molecular formula is C23H32ClN3O3. The number of benzene rings is 2. The van der Waals surface area contributed by atoms with Crippen LogP contribution in [-0.4, -0.2) is 47.0 Å². The Bertz CT molecular complexity index is 784. The van der Waals surface area contributed by atoms with Crippen molar-refractivity contribution in [2.75, 3.05) is 13.1 Å². The Labute approximate surface area is 184 Å². The normalized spacial score (nSPS) is 12.4. The molecule has 164 valence electrons. The largest absolute Gasteiger partial charge is 0.508 e. The van der Waals surface area contributed by atoms with Gasteiger partial charge in [-0.25, -0.2) is 0 Å². The van der Waals surface area contributed by atoms with E-state index in [2.05, 4.69) is 17.4 Å². The number of hydrogen-bond acceptors (Lipinski definition) is 4. The van der Waals surface area contributed by atoms with Gasteiger partial charge in [0, 0.05) is 13.1 Å². The van der Waals surface area contributed by atoms with Crippen LogP contribution in [0.5, 0.6) is 5.75 Å². The SMILES string of the molecule is CCN(CCCc1ccccc1)C(=O)[C@@H](C)NC(=O)[C@@H](N)Cc1ccc(O)cc1.Cl. The maximum atomic E-state index is 12.7. The van der Waals surface area contributed by atoms with Crippen LogP contribution in [-0.2, 0) is 22.4 Å². The number of hydrogen-bond donors (Lipinski definition) is 3. The second-order valence-corrected chi connectivity index (χ2v) is 7.21. The van der Waals surface area contributed by atoms with Crippen molar-refractivity contribution in [1.29, 1.82) is 0 Å². The van der Waals surface area contributed by atoms with E-state index in [0.717, 1.165) is 18.4 Å². The van der Waals surface area contributed by atoms with E-state index in [9.17, 15) is 14.7 Å². The molecular weight excluding hydrogens is 402 g/mol. The fraction of sp³-hybridized carbons (Fsp3) is 0.391. The Morgan fingerprint density at radius 3 is 2.30 bits per heavy atom. The minimum atomic E-state index is -0.761. The van der Waals surface area contributed by atoms with Gasteiger partial charge in [-0.3, -0.25) is 9.59 Å². The van der Waals surface area contributed by atoms with E-state index >= 15 is 0 Å². The van der Waals surface area contributed by atoms with Crippen molar-refractivity contribution >= 4 is 24.2 Å². The third kappa shape index (κ3) is 8.05. The Balaban J connectivity index is 0.00000450. The van der Waals surface area contributed by atoms with E-state index in [1.54, 1.807) is 36.1 Å². The van der Waals surface area contributed by atoms with Crippen LogP contribution in [0, 0.1) is 0 Å². The lowest BCUT2D eigenvalue weighted by Gasteiger charge is -2.26. The summed E-state index contributed by atoms with van der Waals surface area (Å²) in [6.45, 7) is 4.86. The average molecular weight is 434 g/mol. The van der Waals surface area contributed by atoms with Gasteiger partial charge in [-0.2, -0.15) is 0 Å². The molecule has 0 aliphatic rings. The van der Waals surface area contributed by atoms with E-state index in [4.69, 9.17) is 5.73 Å². The number of nitrogens with one attached hydrogen (secondary N) is 1. The van der Waals surface area contributed by atoms with Crippen molar-refractivity contribution in [3.8, 4) is 5.75 Å². The van der Waals surface area contributed by atoms with Gasteiger partial charge in [-0.1, -0.05) is 42.5 Å². The first-order chi connectivity index (χ1) is 13.9. The molecule has 0 aliphatic heterocycles. The Morgan fingerprint density at radius 2 is 1.70 bits per heavy atom. The molecule has 7 heteroatoms. The van der Waals surface area contributed by atoms with Crippen molar-refractivity contribution in [1.82, 2.24) is 10.2 Å². The zero-order valence-electron chi connectivity index (χ0n) is 17.6. The summed E-state index contributed by atoms with van der Waals surface area (Å²) >= 11 is 0. The molecule has 2 rings (SSSR count). The maximum absolute atomic E-state index is 12.7. The van der Waals surface area contributed by atoms with Crippen LogP contribution in [0.3, 0.4) is 0 Å². The Morgan fingerprint density at radius 1 is 1.07 bits per heavy atom.